The molecule has 3 saturated heterocycles. The fraction of sp³-hybridized carbons (Fsp3) is 0.500. The van der Waals surface area contributed by atoms with Gasteiger partial charge >= 0.3 is 5.97 Å². The van der Waals surface area contributed by atoms with Crippen molar-refractivity contribution in [2.45, 2.75) is 43.4 Å². The molecule has 8 nitrogen and oxygen atoms in total. The molecule has 2 unspecified atom stereocenters. The lowest BCUT2D eigenvalue weighted by Crippen LogP contribution is -2.57. The minimum atomic E-state index is -1.21. The molecule has 0 radical (unpaired) electrons. The zero-order chi connectivity index (χ0) is 25.4. The molecule has 3 heterocycles. The first-order valence-electron chi connectivity index (χ1n) is 11.9. The van der Waals surface area contributed by atoms with E-state index in [0.717, 1.165) is 0 Å². The molecule has 5 atom stereocenters. The number of halogens is 1. The number of para-hydroxylation sites is 1. The van der Waals surface area contributed by atoms with E-state index in [1.807, 2.05) is 6.92 Å². The number of fused-ring (bicyclic) bond motifs is 1. The third kappa shape index (κ3) is 3.79. The van der Waals surface area contributed by atoms with E-state index in [1.165, 1.54) is 15.9 Å². The average Bonchev–Trinajstić information content (AvgIpc) is 3.45. The summed E-state index contributed by atoms with van der Waals surface area (Å²) in [5.41, 5.74) is -1.62. The molecule has 2 bridgehead atoms. The van der Waals surface area contributed by atoms with Crippen molar-refractivity contribution in [3.63, 3.8) is 0 Å². The summed E-state index contributed by atoms with van der Waals surface area (Å²) in [6.07, 6.45) is 4.50. The second-order valence-corrected chi connectivity index (χ2v) is 9.60. The topological polar surface area (TPSA) is 96.4 Å². The Morgan fingerprint density at radius 1 is 1.31 bits per heavy atom. The van der Waals surface area contributed by atoms with Crippen LogP contribution in [-0.2, 0) is 23.9 Å². The molecule has 4 rings (SSSR count). The van der Waals surface area contributed by atoms with Gasteiger partial charge in [-0.2, -0.15) is 0 Å². The summed E-state index contributed by atoms with van der Waals surface area (Å²) < 4.78 is 12.0. The number of hydrogen-bond donors (Lipinski definition) is 1. The number of hydrogen-bond acceptors (Lipinski definition) is 6. The first kappa shape index (κ1) is 25.4. The van der Waals surface area contributed by atoms with Crippen molar-refractivity contribution in [3.05, 3.63) is 54.6 Å². The summed E-state index contributed by atoms with van der Waals surface area (Å²) in [7, 11) is 0. The van der Waals surface area contributed by atoms with Crippen LogP contribution in [0.3, 0.4) is 0 Å². The van der Waals surface area contributed by atoms with Gasteiger partial charge in [-0.15, -0.1) is 6.58 Å². The molecule has 188 valence electrons. The quantitative estimate of drug-likeness (QED) is 0.390. The number of esters is 1. The van der Waals surface area contributed by atoms with E-state index in [-0.39, 0.29) is 32.2 Å². The van der Waals surface area contributed by atoms with Crippen LogP contribution < -0.4 is 4.90 Å². The lowest BCUT2D eigenvalue weighted by Gasteiger charge is -2.36. The Morgan fingerprint density at radius 2 is 2.06 bits per heavy atom. The molecular formula is C26H31ClN2O6. The zero-order valence-corrected chi connectivity index (χ0v) is 20.6. The first-order valence-corrected chi connectivity index (χ1v) is 12.3. The summed E-state index contributed by atoms with van der Waals surface area (Å²) in [4.78, 5) is 44.0. The molecule has 0 aromatic heterocycles. The van der Waals surface area contributed by atoms with Gasteiger partial charge in [-0.25, -0.2) is 0 Å². The number of nitrogens with zero attached hydrogens (tertiary/aromatic N) is 2. The summed E-state index contributed by atoms with van der Waals surface area (Å²) >= 11 is 6.43. The van der Waals surface area contributed by atoms with Crippen LogP contribution in [0, 0.1) is 11.8 Å². The number of likely N-dealkylation sites (tertiary alicyclic amines) is 1. The van der Waals surface area contributed by atoms with Gasteiger partial charge in [-0.1, -0.05) is 49.4 Å². The number of carbonyl (C=O) groups is 3. The normalized spacial score (nSPS) is 30.8. The fourth-order valence-electron chi connectivity index (χ4n) is 6.19. The first-order chi connectivity index (χ1) is 16.8. The summed E-state index contributed by atoms with van der Waals surface area (Å²) in [5, 5.41) is 10.1. The molecule has 0 aliphatic carbocycles. The number of ether oxygens (including phenoxy) is 2. The van der Waals surface area contributed by atoms with Gasteiger partial charge in [0, 0.05) is 13.1 Å². The van der Waals surface area contributed by atoms with E-state index in [4.69, 9.17) is 21.1 Å². The van der Waals surface area contributed by atoms with E-state index in [0.29, 0.717) is 30.0 Å². The molecular weight excluding hydrogens is 472 g/mol. The van der Waals surface area contributed by atoms with Gasteiger partial charge in [-0.3, -0.25) is 14.4 Å². The highest BCUT2D eigenvalue weighted by Gasteiger charge is 2.79. The fourth-order valence-corrected chi connectivity index (χ4v) is 6.43. The number of β-amino-alcohol motifs (C(OH)–C–C–N with tert-alkyl or cyclic N) is 1. The minimum Gasteiger partial charge on any atom is -0.461 e. The van der Waals surface area contributed by atoms with Crippen molar-refractivity contribution >= 4 is 35.1 Å². The number of anilines is 1. The molecule has 35 heavy (non-hydrogen) atoms. The van der Waals surface area contributed by atoms with Crippen LogP contribution in [0.25, 0.3) is 0 Å². The monoisotopic (exact) mass is 502 g/mol. The average molecular weight is 503 g/mol. The van der Waals surface area contributed by atoms with Crippen LogP contribution in [0.2, 0.25) is 5.02 Å². The van der Waals surface area contributed by atoms with Crippen LogP contribution >= 0.6 is 11.6 Å². The van der Waals surface area contributed by atoms with E-state index in [1.54, 1.807) is 30.3 Å². The van der Waals surface area contributed by atoms with Crippen molar-refractivity contribution in [2.24, 2.45) is 11.8 Å². The summed E-state index contributed by atoms with van der Waals surface area (Å²) in [5.74, 6) is -3.04. The predicted molar refractivity (Wildman–Crippen MR) is 131 cm³/mol. The highest BCUT2D eigenvalue weighted by Crippen LogP contribution is 2.64. The Labute approximate surface area is 210 Å². The maximum Gasteiger partial charge on any atom is 0.313 e. The molecule has 0 saturated carbocycles. The third-order valence-corrected chi connectivity index (χ3v) is 7.89. The molecule has 9 heteroatoms. The standard InChI is InChI=1S/C26H31ClN2O6/c1-4-13-28(18-10-8-7-9-17(18)27)23(32)21-26-12-11-25(6-3,35-26)20(24(33)34-16-5-2)19(26)22(31)29(21)14-15-30/h4-5,7-10,19-21,30H,1-2,6,11-16H2,3H3/t19-,20+,21?,25-,26?/m0/s1. The maximum absolute atomic E-state index is 14.2. The van der Waals surface area contributed by atoms with Gasteiger partial charge in [0.1, 0.15) is 24.2 Å². The molecule has 3 aliphatic heterocycles. The third-order valence-electron chi connectivity index (χ3n) is 7.57. The molecule has 1 aromatic carbocycles. The van der Waals surface area contributed by atoms with Crippen LogP contribution in [0.5, 0.6) is 0 Å². The van der Waals surface area contributed by atoms with Crippen molar-refractivity contribution < 1.29 is 29.0 Å². The number of rotatable bonds is 10. The van der Waals surface area contributed by atoms with Gasteiger partial charge in [0.25, 0.3) is 5.91 Å². The van der Waals surface area contributed by atoms with Gasteiger partial charge in [0.15, 0.2) is 0 Å². The number of benzene rings is 1. The number of aliphatic hydroxyl groups is 1. The lowest BCUT2D eigenvalue weighted by atomic mass is 9.65. The van der Waals surface area contributed by atoms with Gasteiger partial charge in [0.05, 0.1) is 28.8 Å². The van der Waals surface area contributed by atoms with E-state index >= 15 is 0 Å². The molecule has 3 aliphatic rings. The Balaban J connectivity index is 1.81. The van der Waals surface area contributed by atoms with Gasteiger partial charge < -0.3 is 24.4 Å². The second kappa shape index (κ2) is 9.76. The van der Waals surface area contributed by atoms with Crippen LogP contribution in [0.4, 0.5) is 5.69 Å². The van der Waals surface area contributed by atoms with Crippen molar-refractivity contribution in [1.82, 2.24) is 4.90 Å². The predicted octanol–water partition coefficient (Wildman–Crippen LogP) is 2.74. The van der Waals surface area contributed by atoms with E-state index in [2.05, 4.69) is 13.2 Å². The number of aliphatic hydroxyl groups excluding tert-OH is 1. The molecule has 1 N–H and O–H groups in total. The van der Waals surface area contributed by atoms with Crippen molar-refractivity contribution in [1.29, 1.82) is 0 Å². The molecule has 3 fully saturated rings. The van der Waals surface area contributed by atoms with Crippen molar-refractivity contribution in [2.75, 3.05) is 31.2 Å². The van der Waals surface area contributed by atoms with Gasteiger partial charge in [-0.05, 0) is 31.4 Å². The highest BCUT2D eigenvalue weighted by atomic mass is 35.5. The Bertz CT molecular complexity index is 1050. The Kier molecular flexibility index (Phi) is 7.09. The second-order valence-electron chi connectivity index (χ2n) is 9.20. The number of carbonyl (C=O) groups excluding carboxylic acids is 3. The smallest absolute Gasteiger partial charge is 0.313 e. The van der Waals surface area contributed by atoms with Crippen LogP contribution in [-0.4, -0.2) is 71.3 Å². The largest absolute Gasteiger partial charge is 0.461 e. The minimum absolute atomic E-state index is 0.0192. The summed E-state index contributed by atoms with van der Waals surface area (Å²) in [6, 6.07) is 5.91. The van der Waals surface area contributed by atoms with Gasteiger partial charge in [0.2, 0.25) is 5.91 Å². The van der Waals surface area contributed by atoms with E-state index < -0.39 is 41.0 Å². The molecule has 1 spiro atoms. The SMILES string of the molecule is C=CCOC(=O)[C@H]1[C@H]2C(=O)N(CCO)C(C(=O)N(CC=C)c3ccccc3Cl)C23CC[C@]1(CC)O3. The number of amides is 2. The lowest BCUT2D eigenvalue weighted by molar-refractivity contribution is -0.160. The van der Waals surface area contributed by atoms with Crippen molar-refractivity contribution in [3.8, 4) is 0 Å². The Morgan fingerprint density at radius 3 is 2.69 bits per heavy atom. The Hall–Kier alpha value is -2.68. The summed E-state index contributed by atoms with van der Waals surface area (Å²) in [6.45, 7) is 9.06. The molecule has 1 aromatic rings. The van der Waals surface area contributed by atoms with E-state index in [9.17, 15) is 19.5 Å². The highest BCUT2D eigenvalue weighted by molar-refractivity contribution is 6.34. The van der Waals surface area contributed by atoms with Crippen LogP contribution in [0.15, 0.2) is 49.6 Å². The van der Waals surface area contributed by atoms with Crippen LogP contribution in [0.1, 0.15) is 26.2 Å². The maximum atomic E-state index is 14.2. The zero-order valence-electron chi connectivity index (χ0n) is 19.8. The molecule has 2 amide bonds.